The lowest BCUT2D eigenvalue weighted by Crippen LogP contribution is -2.11. The second-order valence-corrected chi connectivity index (χ2v) is 7.54. The molecule has 140 valence electrons. The molecule has 2 N–H and O–H groups in total. The maximum atomic E-state index is 12.5. The highest BCUT2D eigenvalue weighted by Crippen LogP contribution is 2.34. The highest BCUT2D eigenvalue weighted by atomic mass is 79.9. The molecule has 0 spiro atoms. The van der Waals surface area contributed by atoms with Crippen LogP contribution in [0.1, 0.15) is 21.5 Å². The van der Waals surface area contributed by atoms with Crippen molar-refractivity contribution in [3.05, 3.63) is 75.8 Å². The predicted molar refractivity (Wildman–Crippen MR) is 113 cm³/mol. The molecule has 4 aromatic rings. The molecule has 0 unspecified atom stereocenters. The molecule has 0 saturated heterocycles. The number of nitrogens with one attached hydrogen (secondary N) is 1. The first-order valence-corrected chi connectivity index (χ1v) is 9.48. The SMILES string of the molecule is Cc1cc2nc(-c3cc(NC(=O)c4cccc(Br)c4)ccc3O)oc2cc1C. The van der Waals surface area contributed by atoms with Gasteiger partial charge in [0, 0.05) is 15.7 Å². The molecule has 1 heterocycles. The fourth-order valence-corrected chi connectivity index (χ4v) is 3.31. The first-order valence-electron chi connectivity index (χ1n) is 8.69. The molecule has 5 nitrogen and oxygen atoms in total. The van der Waals surface area contributed by atoms with Crippen LogP contribution in [-0.4, -0.2) is 16.0 Å². The number of benzene rings is 3. The molecule has 1 amide bonds. The smallest absolute Gasteiger partial charge is 0.255 e. The minimum absolute atomic E-state index is 0.0282. The van der Waals surface area contributed by atoms with Crippen LogP contribution in [0.2, 0.25) is 0 Å². The largest absolute Gasteiger partial charge is 0.507 e. The summed E-state index contributed by atoms with van der Waals surface area (Å²) in [6.07, 6.45) is 0. The van der Waals surface area contributed by atoms with Crippen LogP contribution in [-0.2, 0) is 0 Å². The minimum atomic E-state index is -0.248. The molecule has 28 heavy (non-hydrogen) atoms. The fourth-order valence-electron chi connectivity index (χ4n) is 2.91. The van der Waals surface area contributed by atoms with Crippen molar-refractivity contribution in [1.29, 1.82) is 0 Å². The second kappa shape index (κ2) is 7.13. The van der Waals surface area contributed by atoms with E-state index in [-0.39, 0.29) is 11.7 Å². The third-order valence-corrected chi connectivity index (χ3v) is 5.07. The molecule has 0 aliphatic heterocycles. The van der Waals surface area contributed by atoms with Gasteiger partial charge in [0.1, 0.15) is 11.3 Å². The lowest BCUT2D eigenvalue weighted by molar-refractivity contribution is 0.102. The summed E-state index contributed by atoms with van der Waals surface area (Å²) in [5, 5.41) is 13.1. The zero-order valence-electron chi connectivity index (χ0n) is 15.3. The summed E-state index contributed by atoms with van der Waals surface area (Å²) in [5.74, 6) is 0.0817. The molecule has 6 heteroatoms. The van der Waals surface area contributed by atoms with Crippen LogP contribution in [0.25, 0.3) is 22.6 Å². The van der Waals surface area contributed by atoms with E-state index in [1.54, 1.807) is 30.3 Å². The number of phenols is 1. The van der Waals surface area contributed by atoms with E-state index in [0.29, 0.717) is 28.3 Å². The molecule has 0 fully saturated rings. The van der Waals surface area contributed by atoms with Crippen LogP contribution in [0.4, 0.5) is 5.69 Å². The molecule has 0 aliphatic carbocycles. The average Bonchev–Trinajstić information content (AvgIpc) is 3.06. The van der Waals surface area contributed by atoms with Gasteiger partial charge < -0.3 is 14.8 Å². The Labute approximate surface area is 170 Å². The summed E-state index contributed by atoms with van der Waals surface area (Å²) in [5.41, 5.74) is 5.07. The Bertz CT molecular complexity index is 1170. The number of oxazole rings is 1. The van der Waals surface area contributed by atoms with Gasteiger partial charge in [-0.1, -0.05) is 22.0 Å². The summed E-state index contributed by atoms with van der Waals surface area (Å²) < 4.78 is 6.66. The zero-order chi connectivity index (χ0) is 19.8. The monoisotopic (exact) mass is 436 g/mol. The lowest BCUT2D eigenvalue weighted by atomic mass is 10.1. The van der Waals surface area contributed by atoms with E-state index in [2.05, 4.69) is 26.2 Å². The number of nitrogens with zero attached hydrogens (tertiary/aromatic N) is 1. The minimum Gasteiger partial charge on any atom is -0.507 e. The van der Waals surface area contributed by atoms with E-state index in [1.165, 1.54) is 6.07 Å². The summed E-state index contributed by atoms with van der Waals surface area (Å²) in [6.45, 7) is 4.02. The van der Waals surface area contributed by atoms with Gasteiger partial charge in [-0.05, 0) is 73.5 Å². The maximum Gasteiger partial charge on any atom is 0.255 e. The van der Waals surface area contributed by atoms with Gasteiger partial charge in [-0.3, -0.25) is 4.79 Å². The summed E-state index contributed by atoms with van der Waals surface area (Å²) in [6, 6.07) is 15.8. The number of amides is 1. The van der Waals surface area contributed by atoms with Crippen LogP contribution in [0.5, 0.6) is 5.75 Å². The van der Waals surface area contributed by atoms with Gasteiger partial charge in [-0.25, -0.2) is 4.98 Å². The van der Waals surface area contributed by atoms with Gasteiger partial charge in [0.25, 0.3) is 5.91 Å². The average molecular weight is 437 g/mol. The molecular weight excluding hydrogens is 420 g/mol. The van der Waals surface area contributed by atoms with Crippen LogP contribution in [0.3, 0.4) is 0 Å². The van der Waals surface area contributed by atoms with Gasteiger partial charge in [0.2, 0.25) is 5.89 Å². The zero-order valence-corrected chi connectivity index (χ0v) is 16.9. The Morgan fingerprint density at radius 3 is 2.64 bits per heavy atom. The molecule has 0 saturated carbocycles. The first-order chi connectivity index (χ1) is 13.4. The number of aromatic nitrogens is 1. The summed E-state index contributed by atoms with van der Waals surface area (Å²) in [7, 11) is 0. The Morgan fingerprint density at radius 2 is 1.86 bits per heavy atom. The molecule has 0 radical (unpaired) electrons. The van der Waals surface area contributed by atoms with Crippen molar-refractivity contribution < 1.29 is 14.3 Å². The molecule has 0 bridgehead atoms. The van der Waals surface area contributed by atoms with E-state index < -0.39 is 0 Å². The second-order valence-electron chi connectivity index (χ2n) is 6.62. The quantitative estimate of drug-likeness (QED) is 0.396. The van der Waals surface area contributed by atoms with Crippen LogP contribution in [0, 0.1) is 13.8 Å². The Morgan fingerprint density at radius 1 is 1.07 bits per heavy atom. The van der Waals surface area contributed by atoms with Crippen molar-refractivity contribution in [2.45, 2.75) is 13.8 Å². The summed E-state index contributed by atoms with van der Waals surface area (Å²) in [4.78, 5) is 17.0. The van der Waals surface area contributed by atoms with Gasteiger partial charge in [0.05, 0.1) is 5.56 Å². The number of anilines is 1. The molecule has 4 rings (SSSR count). The number of fused-ring (bicyclic) bond motifs is 1. The highest BCUT2D eigenvalue weighted by molar-refractivity contribution is 9.10. The first kappa shape index (κ1) is 18.3. The maximum absolute atomic E-state index is 12.5. The normalized spacial score (nSPS) is 11.0. The summed E-state index contributed by atoms with van der Waals surface area (Å²) >= 11 is 3.36. The third-order valence-electron chi connectivity index (χ3n) is 4.58. The molecule has 3 aromatic carbocycles. The van der Waals surface area contributed by atoms with Crippen molar-refractivity contribution in [3.8, 4) is 17.2 Å². The third kappa shape index (κ3) is 3.51. The van der Waals surface area contributed by atoms with Crippen LogP contribution < -0.4 is 5.32 Å². The van der Waals surface area contributed by atoms with Gasteiger partial charge in [-0.15, -0.1) is 0 Å². The molecule has 0 aliphatic rings. The number of rotatable bonds is 3. The number of aryl methyl sites for hydroxylation is 2. The van der Waals surface area contributed by atoms with E-state index in [4.69, 9.17) is 4.42 Å². The Hall–Kier alpha value is -3.12. The standard InChI is InChI=1S/C22H17BrN2O3/c1-12-8-18-20(9-13(12)2)28-22(25-18)17-11-16(6-7-19(17)26)24-21(27)14-4-3-5-15(23)10-14/h3-11,26H,1-2H3,(H,24,27). The van der Waals surface area contributed by atoms with Crippen LogP contribution in [0.15, 0.2) is 63.5 Å². The van der Waals surface area contributed by atoms with E-state index in [0.717, 1.165) is 21.1 Å². The van der Waals surface area contributed by atoms with E-state index >= 15 is 0 Å². The predicted octanol–water partition coefficient (Wildman–Crippen LogP) is 5.83. The number of phenolic OH excluding ortho intramolecular Hbond substituents is 1. The number of hydrogen-bond donors (Lipinski definition) is 2. The van der Waals surface area contributed by atoms with Crippen LogP contribution >= 0.6 is 15.9 Å². The number of hydrogen-bond acceptors (Lipinski definition) is 4. The molecule has 1 aromatic heterocycles. The van der Waals surface area contributed by atoms with Crippen molar-refractivity contribution in [3.63, 3.8) is 0 Å². The van der Waals surface area contributed by atoms with Gasteiger partial charge in [0.15, 0.2) is 5.58 Å². The Balaban J connectivity index is 1.68. The van der Waals surface area contributed by atoms with Crippen molar-refractivity contribution in [1.82, 2.24) is 4.98 Å². The van der Waals surface area contributed by atoms with E-state index in [1.807, 2.05) is 32.0 Å². The topological polar surface area (TPSA) is 75.4 Å². The number of aromatic hydroxyl groups is 1. The van der Waals surface area contributed by atoms with Crippen molar-refractivity contribution in [2.24, 2.45) is 0 Å². The van der Waals surface area contributed by atoms with Gasteiger partial charge in [-0.2, -0.15) is 0 Å². The fraction of sp³-hybridized carbons (Fsp3) is 0.0909. The van der Waals surface area contributed by atoms with Crippen molar-refractivity contribution in [2.75, 3.05) is 5.32 Å². The number of carbonyl (C=O) groups is 1. The highest BCUT2D eigenvalue weighted by Gasteiger charge is 2.15. The van der Waals surface area contributed by atoms with Gasteiger partial charge >= 0.3 is 0 Å². The molecule has 0 atom stereocenters. The van der Waals surface area contributed by atoms with Crippen molar-refractivity contribution >= 4 is 38.6 Å². The number of carbonyl (C=O) groups excluding carboxylic acids is 1. The number of halogens is 1. The molecular formula is C22H17BrN2O3. The van der Waals surface area contributed by atoms with E-state index in [9.17, 15) is 9.90 Å². The Kier molecular flexibility index (Phi) is 4.65. The lowest BCUT2D eigenvalue weighted by Gasteiger charge is -2.08.